The van der Waals surface area contributed by atoms with Crippen molar-refractivity contribution in [1.82, 2.24) is 0 Å². The highest BCUT2D eigenvalue weighted by atomic mass is 31.2. The van der Waals surface area contributed by atoms with Crippen LogP contribution in [0.5, 0.6) is 0 Å². The number of aryl methyl sites for hydroxylation is 4. The van der Waals surface area contributed by atoms with E-state index in [9.17, 15) is 0 Å². The molecule has 2 rings (SSSR count). The zero-order valence-electron chi connectivity index (χ0n) is 16.4. The summed E-state index contributed by atoms with van der Waals surface area (Å²) in [6, 6.07) is 13.7. The molecule has 24 heavy (non-hydrogen) atoms. The zero-order valence-corrected chi connectivity index (χ0v) is 17.2. The molecule has 126 valence electrons. The van der Waals surface area contributed by atoms with Crippen LogP contribution in [0.2, 0.25) is 0 Å². The average Bonchev–Trinajstić information content (AvgIpc) is 2.43. The lowest BCUT2D eigenvalue weighted by atomic mass is 10.1. The molecule has 0 spiro atoms. The van der Waals surface area contributed by atoms with E-state index in [1.807, 2.05) is 0 Å². The molecule has 2 aromatic carbocycles. The molecule has 0 amide bonds. The molecule has 2 radical (unpaired) electrons. The molecule has 0 aliphatic heterocycles. The molecule has 0 fully saturated rings. The van der Waals surface area contributed by atoms with Crippen molar-refractivity contribution in [3.8, 4) is 0 Å². The van der Waals surface area contributed by atoms with Gasteiger partial charge >= 0.3 is 7.57 Å². The highest BCUT2D eigenvalue weighted by molar-refractivity contribution is 8.08. The Labute approximate surface area is 150 Å². The van der Waals surface area contributed by atoms with E-state index in [0.29, 0.717) is 11.6 Å². The monoisotopic (exact) mass is 337 g/mol. The third-order valence-electron chi connectivity index (χ3n) is 4.78. The van der Waals surface area contributed by atoms with Crippen molar-refractivity contribution >= 4 is 25.3 Å². The molecular weight excluding hydrogens is 306 g/mol. The largest absolute Gasteiger partial charge is 0.377 e. The van der Waals surface area contributed by atoms with Crippen LogP contribution < -0.4 is 10.6 Å². The minimum atomic E-state index is -1.93. The van der Waals surface area contributed by atoms with Crippen LogP contribution in [0.25, 0.3) is 0 Å². The van der Waals surface area contributed by atoms with E-state index >= 15 is 0 Å². The molecule has 0 aliphatic carbocycles. The minimum absolute atomic E-state index is 0.472. The molecule has 0 saturated heterocycles. The Morgan fingerprint density at radius 1 is 0.708 bits per heavy atom. The van der Waals surface area contributed by atoms with Gasteiger partial charge in [-0.3, -0.25) is 0 Å². The fourth-order valence-corrected chi connectivity index (χ4v) is 7.57. The number of hydrogen-bond donors (Lipinski definition) is 0. The van der Waals surface area contributed by atoms with E-state index in [4.69, 9.17) is 7.57 Å². The molecule has 1 atom stereocenters. The molecule has 0 saturated carbocycles. The Morgan fingerprint density at radius 3 is 1.33 bits per heavy atom. The van der Waals surface area contributed by atoms with Crippen molar-refractivity contribution in [1.29, 1.82) is 0 Å². The molecular formula is C22H31BP+. The summed E-state index contributed by atoms with van der Waals surface area (Å²) in [5.74, 6) is 0.653. The smallest absolute Gasteiger partial charge is 0.0626 e. The van der Waals surface area contributed by atoms with Crippen molar-refractivity contribution in [3.63, 3.8) is 0 Å². The van der Waals surface area contributed by atoms with Gasteiger partial charge in [0.1, 0.15) is 0 Å². The number of hydrogen-bond acceptors (Lipinski definition) is 0. The summed E-state index contributed by atoms with van der Waals surface area (Å²) in [7, 11) is 5.39. The molecule has 0 heterocycles. The van der Waals surface area contributed by atoms with Gasteiger partial charge in [0.15, 0.2) is 0 Å². The molecule has 0 bridgehead atoms. The summed E-state index contributed by atoms with van der Waals surface area (Å²) in [5, 5.41) is 2.69. The fraction of sp³-hybridized carbons (Fsp3) is 0.455. The Balaban J connectivity index is 2.68. The topological polar surface area (TPSA) is 0 Å². The van der Waals surface area contributed by atoms with Crippen molar-refractivity contribution < 1.29 is 0 Å². The lowest BCUT2D eigenvalue weighted by Crippen LogP contribution is -2.32. The lowest BCUT2D eigenvalue weighted by molar-refractivity contribution is 0.582. The number of benzene rings is 2. The van der Waals surface area contributed by atoms with Gasteiger partial charge in [-0.05, 0) is 93.5 Å². The van der Waals surface area contributed by atoms with Gasteiger partial charge in [-0.25, -0.2) is 0 Å². The van der Waals surface area contributed by atoms with E-state index in [0.717, 1.165) is 6.42 Å². The third-order valence-corrected chi connectivity index (χ3v) is 8.60. The van der Waals surface area contributed by atoms with Crippen LogP contribution in [0, 0.1) is 33.6 Å². The second-order valence-corrected chi connectivity index (χ2v) is 11.4. The molecule has 0 aromatic heterocycles. The second-order valence-electron chi connectivity index (χ2n) is 7.95. The van der Waals surface area contributed by atoms with Crippen LogP contribution in [-0.4, -0.2) is 13.2 Å². The first-order chi connectivity index (χ1) is 11.1. The van der Waals surface area contributed by atoms with Crippen LogP contribution in [0.3, 0.4) is 0 Å². The first-order valence-electron chi connectivity index (χ1n) is 8.98. The van der Waals surface area contributed by atoms with Crippen molar-refractivity contribution in [3.05, 3.63) is 58.7 Å². The maximum atomic E-state index is 7.32. The SMILES string of the molecule is [B][P+](c1cc(C)cc(C)c1)(c1cc(C)cc(C)c1)[C@@H](C)CC(C)C. The summed E-state index contributed by atoms with van der Waals surface area (Å²) >= 11 is 0. The Morgan fingerprint density at radius 2 is 1.04 bits per heavy atom. The highest BCUT2D eigenvalue weighted by Gasteiger charge is 2.43. The van der Waals surface area contributed by atoms with Crippen molar-refractivity contribution in [2.24, 2.45) is 5.92 Å². The Kier molecular flexibility index (Phi) is 5.98. The van der Waals surface area contributed by atoms with Gasteiger partial charge in [0.05, 0.1) is 16.3 Å². The van der Waals surface area contributed by atoms with Crippen LogP contribution >= 0.6 is 7.14 Å². The van der Waals surface area contributed by atoms with Crippen molar-refractivity contribution in [2.45, 2.75) is 60.5 Å². The average molecular weight is 337 g/mol. The van der Waals surface area contributed by atoms with Crippen molar-refractivity contribution in [2.75, 3.05) is 0 Å². The maximum absolute atomic E-state index is 7.32. The predicted molar refractivity (Wildman–Crippen MR) is 113 cm³/mol. The molecule has 0 nitrogen and oxygen atoms in total. The van der Waals surface area contributed by atoms with E-state index in [1.54, 1.807) is 0 Å². The quantitative estimate of drug-likeness (QED) is 0.506. The van der Waals surface area contributed by atoms with Crippen LogP contribution in [-0.2, 0) is 0 Å². The van der Waals surface area contributed by atoms with Gasteiger partial charge in [-0.1, -0.05) is 26.0 Å². The van der Waals surface area contributed by atoms with Gasteiger partial charge in [-0.15, -0.1) is 0 Å². The van der Waals surface area contributed by atoms with E-state index in [1.165, 1.54) is 32.9 Å². The highest BCUT2D eigenvalue weighted by Crippen LogP contribution is 2.58. The van der Waals surface area contributed by atoms with Gasteiger partial charge in [0.25, 0.3) is 0 Å². The summed E-state index contributed by atoms with van der Waals surface area (Å²) in [4.78, 5) is 0. The molecule has 0 unspecified atom stereocenters. The molecule has 0 N–H and O–H groups in total. The van der Waals surface area contributed by atoms with Gasteiger partial charge in [-0.2, -0.15) is 0 Å². The van der Waals surface area contributed by atoms with Gasteiger partial charge in [0, 0.05) is 7.14 Å². The number of rotatable bonds is 5. The normalized spacial score (nSPS) is 13.3. The summed E-state index contributed by atoms with van der Waals surface area (Å²) < 4.78 is 0. The van der Waals surface area contributed by atoms with Crippen LogP contribution in [0.4, 0.5) is 0 Å². The molecule has 2 heteroatoms. The lowest BCUT2D eigenvalue weighted by Gasteiger charge is -2.32. The van der Waals surface area contributed by atoms with E-state index in [2.05, 4.69) is 84.9 Å². The first-order valence-corrected chi connectivity index (χ1v) is 10.9. The predicted octanol–water partition coefficient (Wildman–Crippen LogP) is 5.41. The van der Waals surface area contributed by atoms with E-state index in [-0.39, 0.29) is 0 Å². The Bertz CT molecular complexity index is 626. The summed E-state index contributed by atoms with van der Waals surface area (Å²) in [6.07, 6.45) is 1.16. The van der Waals surface area contributed by atoms with Crippen LogP contribution in [0.15, 0.2) is 36.4 Å². The van der Waals surface area contributed by atoms with Gasteiger partial charge < -0.3 is 0 Å². The fourth-order valence-electron chi connectivity index (χ4n) is 3.84. The van der Waals surface area contributed by atoms with Crippen LogP contribution in [0.1, 0.15) is 49.4 Å². The Hall–Kier alpha value is -1.07. The maximum Gasteiger partial charge on any atom is 0.377 e. The standard InChI is InChI=1S/C22H31BP/c1-15(2)8-20(7)24(23,21-11-16(3)9-17(4)12-21)22-13-18(5)10-19(6)14-22/h9-15,20H,8H2,1-7H3/q+1/t20-/m0/s1. The van der Waals surface area contributed by atoms with E-state index < -0.39 is 7.14 Å². The second kappa shape index (κ2) is 7.44. The minimum Gasteiger partial charge on any atom is -0.0626 e. The first kappa shape index (κ1) is 19.3. The van der Waals surface area contributed by atoms with Gasteiger partial charge in [0.2, 0.25) is 0 Å². The zero-order chi connectivity index (χ0) is 18.1. The third kappa shape index (κ3) is 4.12. The molecule has 2 aromatic rings. The summed E-state index contributed by atoms with van der Waals surface area (Å²) in [5.41, 5.74) is 5.70. The summed E-state index contributed by atoms with van der Waals surface area (Å²) in [6.45, 7) is 15.6. The molecule has 0 aliphatic rings.